The topological polar surface area (TPSA) is 57.5 Å². The highest BCUT2D eigenvalue weighted by Gasteiger charge is 2.59. The summed E-state index contributed by atoms with van der Waals surface area (Å²) in [6.45, 7) is 8.56. The molecule has 3 heteroatoms. The Morgan fingerprint density at radius 2 is 2.00 bits per heavy atom. The standard InChI is InChI=1S/C20H30O3/c1-12(2)13-5-7-16-14(9-13)6-8-17-19(16,3)10-15(21)11-20(17,4)18(22)23/h6,9,12,15-17,21H,5,7-8,10-11H2,1-4H3,(H,22,23)/t15-,16+,17-,19-,20-/m1/s1. The van der Waals surface area contributed by atoms with E-state index in [1.165, 1.54) is 11.1 Å². The Bertz CT molecular complexity index is 573. The molecule has 0 amide bonds. The molecule has 23 heavy (non-hydrogen) atoms. The lowest BCUT2D eigenvalue weighted by Gasteiger charge is -2.58. The van der Waals surface area contributed by atoms with Gasteiger partial charge in [-0.3, -0.25) is 4.79 Å². The van der Waals surface area contributed by atoms with Crippen LogP contribution in [0.5, 0.6) is 0 Å². The van der Waals surface area contributed by atoms with Crippen molar-refractivity contribution in [3.8, 4) is 0 Å². The SMILES string of the molecule is CC(C)C1=CC2=CC[C@@H]3[C@](C)(C[C@@H](O)C[C@@]3(C)C(=O)O)[C@H]2CC1. The Balaban J connectivity index is 2.03. The number of aliphatic hydroxyl groups excluding tert-OH is 1. The Hall–Kier alpha value is -1.09. The summed E-state index contributed by atoms with van der Waals surface area (Å²) in [6, 6.07) is 0. The molecule has 0 unspecified atom stereocenters. The summed E-state index contributed by atoms with van der Waals surface area (Å²) in [5.74, 6) is 0.318. The lowest BCUT2D eigenvalue weighted by atomic mass is 9.46. The Morgan fingerprint density at radius 1 is 1.30 bits per heavy atom. The van der Waals surface area contributed by atoms with Crippen molar-refractivity contribution in [2.45, 2.75) is 65.9 Å². The second-order valence-electron chi connectivity index (χ2n) is 8.75. The van der Waals surface area contributed by atoms with E-state index in [0.717, 1.165) is 25.7 Å². The van der Waals surface area contributed by atoms with Crippen LogP contribution in [-0.4, -0.2) is 22.3 Å². The van der Waals surface area contributed by atoms with Gasteiger partial charge in [-0.1, -0.05) is 38.5 Å². The van der Waals surface area contributed by atoms with E-state index in [2.05, 4.69) is 32.9 Å². The van der Waals surface area contributed by atoms with Gasteiger partial charge < -0.3 is 10.2 Å². The van der Waals surface area contributed by atoms with E-state index in [0.29, 0.717) is 18.3 Å². The molecule has 0 saturated heterocycles. The van der Waals surface area contributed by atoms with Crippen LogP contribution in [-0.2, 0) is 4.79 Å². The maximum atomic E-state index is 12.0. The predicted octanol–water partition coefficient (Wildman–Crippen LogP) is 4.18. The van der Waals surface area contributed by atoms with Crippen LogP contribution in [0.4, 0.5) is 0 Å². The molecule has 0 aliphatic heterocycles. The number of carboxylic acid groups (broad SMARTS) is 1. The zero-order chi connectivity index (χ0) is 17.0. The van der Waals surface area contributed by atoms with Gasteiger partial charge in [0.1, 0.15) is 0 Å². The molecular weight excluding hydrogens is 288 g/mol. The zero-order valence-electron chi connectivity index (χ0n) is 14.8. The summed E-state index contributed by atoms with van der Waals surface area (Å²) < 4.78 is 0. The minimum atomic E-state index is -0.823. The third-order valence-electron chi connectivity index (χ3n) is 6.99. The second-order valence-corrected chi connectivity index (χ2v) is 8.75. The smallest absolute Gasteiger partial charge is 0.309 e. The van der Waals surface area contributed by atoms with E-state index in [4.69, 9.17) is 0 Å². The van der Waals surface area contributed by atoms with E-state index < -0.39 is 17.5 Å². The van der Waals surface area contributed by atoms with E-state index in [1.807, 2.05) is 6.92 Å². The van der Waals surface area contributed by atoms with Gasteiger partial charge in [0.25, 0.3) is 0 Å². The van der Waals surface area contributed by atoms with Gasteiger partial charge in [-0.2, -0.15) is 0 Å². The minimum absolute atomic E-state index is 0.110. The maximum Gasteiger partial charge on any atom is 0.309 e. The quantitative estimate of drug-likeness (QED) is 0.803. The molecule has 5 atom stereocenters. The maximum absolute atomic E-state index is 12.0. The normalized spacial score (nSPS) is 43.3. The van der Waals surface area contributed by atoms with Crippen molar-refractivity contribution in [1.29, 1.82) is 0 Å². The molecule has 0 aromatic carbocycles. The minimum Gasteiger partial charge on any atom is -0.481 e. The first-order valence-electron chi connectivity index (χ1n) is 9.00. The highest BCUT2D eigenvalue weighted by Crippen LogP contribution is 2.62. The number of hydrogen-bond donors (Lipinski definition) is 2. The third kappa shape index (κ3) is 2.48. The van der Waals surface area contributed by atoms with Crippen molar-refractivity contribution in [2.75, 3.05) is 0 Å². The number of fused-ring (bicyclic) bond motifs is 3. The summed E-state index contributed by atoms with van der Waals surface area (Å²) in [5, 5.41) is 20.3. The van der Waals surface area contributed by atoms with Crippen LogP contribution < -0.4 is 0 Å². The molecule has 1 saturated carbocycles. The third-order valence-corrected chi connectivity index (χ3v) is 6.99. The molecule has 0 aromatic rings. The summed E-state index contributed by atoms with van der Waals surface area (Å²) >= 11 is 0. The van der Waals surface area contributed by atoms with Crippen LogP contribution in [0, 0.1) is 28.6 Å². The molecule has 3 aliphatic carbocycles. The van der Waals surface area contributed by atoms with Crippen LogP contribution in [0.3, 0.4) is 0 Å². The van der Waals surface area contributed by atoms with Gasteiger partial charge in [0.2, 0.25) is 0 Å². The second kappa shape index (κ2) is 5.47. The number of carbonyl (C=O) groups is 1. The molecular formula is C20H30O3. The van der Waals surface area contributed by atoms with Gasteiger partial charge in [0.15, 0.2) is 0 Å². The number of rotatable bonds is 2. The first-order valence-corrected chi connectivity index (χ1v) is 9.00. The molecule has 0 aromatic heterocycles. The lowest BCUT2D eigenvalue weighted by molar-refractivity contribution is -0.170. The van der Waals surface area contributed by atoms with Crippen LogP contribution in [0.2, 0.25) is 0 Å². The van der Waals surface area contributed by atoms with Gasteiger partial charge in [-0.15, -0.1) is 0 Å². The monoisotopic (exact) mass is 318 g/mol. The fourth-order valence-corrected chi connectivity index (χ4v) is 5.72. The molecule has 0 bridgehead atoms. The van der Waals surface area contributed by atoms with Gasteiger partial charge >= 0.3 is 5.97 Å². The van der Waals surface area contributed by atoms with Gasteiger partial charge in [0.05, 0.1) is 11.5 Å². The van der Waals surface area contributed by atoms with Crippen molar-refractivity contribution in [3.05, 3.63) is 23.3 Å². The van der Waals surface area contributed by atoms with Gasteiger partial charge in [-0.25, -0.2) is 0 Å². The molecule has 0 spiro atoms. The van der Waals surface area contributed by atoms with Crippen molar-refractivity contribution in [2.24, 2.45) is 28.6 Å². The number of carboxylic acids is 1. The fourth-order valence-electron chi connectivity index (χ4n) is 5.72. The highest BCUT2D eigenvalue weighted by molar-refractivity contribution is 5.75. The molecule has 3 rings (SSSR count). The van der Waals surface area contributed by atoms with Gasteiger partial charge in [-0.05, 0) is 67.8 Å². The average Bonchev–Trinajstić information content (AvgIpc) is 2.45. The van der Waals surface area contributed by atoms with E-state index in [1.54, 1.807) is 0 Å². The molecule has 0 heterocycles. The fraction of sp³-hybridized carbons (Fsp3) is 0.750. The van der Waals surface area contributed by atoms with Crippen molar-refractivity contribution < 1.29 is 15.0 Å². The summed E-state index contributed by atoms with van der Waals surface area (Å²) in [6.07, 6.45) is 8.26. The molecule has 2 N–H and O–H groups in total. The Morgan fingerprint density at radius 3 is 2.61 bits per heavy atom. The number of aliphatic hydroxyl groups is 1. The first-order chi connectivity index (χ1) is 10.7. The van der Waals surface area contributed by atoms with E-state index in [-0.39, 0.29) is 11.3 Å². The summed E-state index contributed by atoms with van der Waals surface area (Å²) in [5.41, 5.74) is 1.96. The number of allylic oxidation sites excluding steroid dienone is 4. The largest absolute Gasteiger partial charge is 0.481 e. The zero-order valence-corrected chi connectivity index (χ0v) is 14.8. The highest BCUT2D eigenvalue weighted by atomic mass is 16.4. The van der Waals surface area contributed by atoms with Gasteiger partial charge in [0, 0.05) is 0 Å². The number of hydrogen-bond acceptors (Lipinski definition) is 2. The van der Waals surface area contributed by atoms with E-state index >= 15 is 0 Å². The van der Waals surface area contributed by atoms with Crippen molar-refractivity contribution >= 4 is 5.97 Å². The Kier molecular flexibility index (Phi) is 3.99. The molecule has 0 radical (unpaired) electrons. The Labute approximate surface area is 139 Å². The summed E-state index contributed by atoms with van der Waals surface area (Å²) in [7, 11) is 0. The molecule has 3 aliphatic rings. The summed E-state index contributed by atoms with van der Waals surface area (Å²) in [4.78, 5) is 12.0. The van der Waals surface area contributed by atoms with E-state index in [9.17, 15) is 15.0 Å². The molecule has 3 nitrogen and oxygen atoms in total. The molecule has 1 fully saturated rings. The predicted molar refractivity (Wildman–Crippen MR) is 90.9 cm³/mol. The van der Waals surface area contributed by atoms with Crippen molar-refractivity contribution in [3.63, 3.8) is 0 Å². The number of aliphatic carboxylic acids is 1. The van der Waals surface area contributed by atoms with Crippen LogP contribution >= 0.6 is 0 Å². The molecule has 128 valence electrons. The lowest BCUT2D eigenvalue weighted by Crippen LogP contribution is -2.56. The van der Waals surface area contributed by atoms with Crippen LogP contribution in [0.25, 0.3) is 0 Å². The first kappa shape index (κ1) is 16.8. The average molecular weight is 318 g/mol. The van der Waals surface area contributed by atoms with Crippen molar-refractivity contribution in [1.82, 2.24) is 0 Å². The van der Waals surface area contributed by atoms with Crippen LogP contribution in [0.15, 0.2) is 23.3 Å². The van der Waals surface area contributed by atoms with Crippen LogP contribution in [0.1, 0.15) is 59.8 Å².